The van der Waals surface area contributed by atoms with Gasteiger partial charge in [-0.15, -0.1) is 0 Å². The highest BCUT2D eigenvalue weighted by molar-refractivity contribution is 6.11. The summed E-state index contributed by atoms with van der Waals surface area (Å²) in [6.45, 7) is 0.141. The molecule has 2 rings (SSSR count). The molecule has 2 aromatic rings. The van der Waals surface area contributed by atoms with Crippen LogP contribution >= 0.6 is 0 Å². The average Bonchev–Trinajstić information content (AvgIpc) is 2.28. The molecular weight excluding hydrogens is 218 g/mol. The standard InChI is InChI=1S/C13H13NO3/c1-14-7-12(17)13-10-6-9(15)4-2-8(10)3-5-11(13)16/h2-6,14-16H,7H2,1H3. The summed E-state index contributed by atoms with van der Waals surface area (Å²) in [7, 11) is 1.66. The van der Waals surface area contributed by atoms with Gasteiger partial charge in [0.25, 0.3) is 0 Å². The second kappa shape index (κ2) is 4.43. The van der Waals surface area contributed by atoms with Gasteiger partial charge in [0.15, 0.2) is 5.78 Å². The van der Waals surface area contributed by atoms with E-state index in [2.05, 4.69) is 5.32 Å². The Morgan fingerprint density at radius 2 is 1.94 bits per heavy atom. The van der Waals surface area contributed by atoms with Crippen LogP contribution in [0.1, 0.15) is 10.4 Å². The van der Waals surface area contributed by atoms with Crippen LogP contribution in [0.2, 0.25) is 0 Å². The minimum atomic E-state index is -0.207. The molecule has 0 bridgehead atoms. The van der Waals surface area contributed by atoms with Crippen molar-refractivity contribution >= 4 is 16.6 Å². The van der Waals surface area contributed by atoms with Crippen molar-refractivity contribution in [1.29, 1.82) is 0 Å². The number of hydrogen-bond acceptors (Lipinski definition) is 4. The predicted octanol–water partition coefficient (Wildman–Crippen LogP) is 1.65. The Morgan fingerprint density at radius 1 is 1.24 bits per heavy atom. The van der Waals surface area contributed by atoms with E-state index in [1.54, 1.807) is 25.2 Å². The van der Waals surface area contributed by atoms with Gasteiger partial charge >= 0.3 is 0 Å². The second-order valence-corrected chi connectivity index (χ2v) is 3.82. The number of likely N-dealkylation sites (N-methyl/N-ethyl adjacent to an activating group) is 1. The molecular formula is C13H13NO3. The maximum atomic E-state index is 11.9. The van der Waals surface area contributed by atoms with E-state index in [0.717, 1.165) is 5.39 Å². The summed E-state index contributed by atoms with van der Waals surface area (Å²) in [6.07, 6.45) is 0. The van der Waals surface area contributed by atoms with Crippen molar-refractivity contribution in [3.05, 3.63) is 35.9 Å². The predicted molar refractivity (Wildman–Crippen MR) is 65.5 cm³/mol. The van der Waals surface area contributed by atoms with Crippen molar-refractivity contribution in [2.45, 2.75) is 0 Å². The fourth-order valence-corrected chi connectivity index (χ4v) is 1.84. The zero-order valence-corrected chi connectivity index (χ0v) is 9.40. The molecule has 4 heteroatoms. The fourth-order valence-electron chi connectivity index (χ4n) is 1.84. The first-order valence-electron chi connectivity index (χ1n) is 5.26. The lowest BCUT2D eigenvalue weighted by Crippen LogP contribution is -2.18. The van der Waals surface area contributed by atoms with Crippen LogP contribution in [0.3, 0.4) is 0 Å². The molecule has 0 fully saturated rings. The second-order valence-electron chi connectivity index (χ2n) is 3.82. The highest BCUT2D eigenvalue weighted by Gasteiger charge is 2.14. The van der Waals surface area contributed by atoms with E-state index in [1.807, 2.05) is 0 Å². The fraction of sp³-hybridized carbons (Fsp3) is 0.154. The third-order valence-electron chi connectivity index (χ3n) is 2.60. The van der Waals surface area contributed by atoms with Crippen molar-refractivity contribution in [3.8, 4) is 11.5 Å². The van der Waals surface area contributed by atoms with Gasteiger partial charge in [-0.2, -0.15) is 0 Å². The maximum absolute atomic E-state index is 11.9. The van der Waals surface area contributed by atoms with Crippen LogP contribution < -0.4 is 5.32 Å². The highest BCUT2D eigenvalue weighted by Crippen LogP contribution is 2.29. The first-order chi connectivity index (χ1) is 8.13. The van der Waals surface area contributed by atoms with Crippen molar-refractivity contribution in [1.82, 2.24) is 5.32 Å². The van der Waals surface area contributed by atoms with Gasteiger partial charge in [0.05, 0.1) is 12.1 Å². The van der Waals surface area contributed by atoms with Crippen LogP contribution in [0.25, 0.3) is 10.8 Å². The SMILES string of the molecule is CNCC(=O)c1c(O)ccc2ccc(O)cc12. The molecule has 0 atom stereocenters. The van der Waals surface area contributed by atoms with Gasteiger partial charge in [-0.25, -0.2) is 0 Å². The molecule has 4 nitrogen and oxygen atoms in total. The van der Waals surface area contributed by atoms with Gasteiger partial charge in [-0.05, 0) is 36.0 Å². The quantitative estimate of drug-likeness (QED) is 0.702. The van der Waals surface area contributed by atoms with Gasteiger partial charge in [-0.1, -0.05) is 12.1 Å². The maximum Gasteiger partial charge on any atom is 0.180 e. The number of fused-ring (bicyclic) bond motifs is 1. The van der Waals surface area contributed by atoms with Crippen LogP contribution in [-0.2, 0) is 0 Å². The molecule has 0 saturated carbocycles. The first kappa shape index (κ1) is 11.4. The average molecular weight is 231 g/mol. The summed E-state index contributed by atoms with van der Waals surface area (Å²) >= 11 is 0. The molecule has 3 N–H and O–H groups in total. The Morgan fingerprint density at radius 3 is 2.65 bits per heavy atom. The zero-order chi connectivity index (χ0) is 12.4. The summed E-state index contributed by atoms with van der Waals surface area (Å²) < 4.78 is 0. The number of phenolic OH excluding ortho intramolecular Hbond substituents is 2. The van der Waals surface area contributed by atoms with E-state index in [1.165, 1.54) is 12.1 Å². The van der Waals surface area contributed by atoms with Crippen LogP contribution in [0.5, 0.6) is 11.5 Å². The summed E-state index contributed by atoms with van der Waals surface area (Å²) in [5.41, 5.74) is 0.243. The van der Waals surface area contributed by atoms with Crippen LogP contribution in [0, 0.1) is 0 Å². The lowest BCUT2D eigenvalue weighted by Gasteiger charge is -2.08. The van der Waals surface area contributed by atoms with E-state index in [-0.39, 0.29) is 29.4 Å². The van der Waals surface area contributed by atoms with Crippen molar-refractivity contribution < 1.29 is 15.0 Å². The van der Waals surface area contributed by atoms with Crippen LogP contribution in [0.4, 0.5) is 0 Å². The Labute approximate surface area is 98.5 Å². The van der Waals surface area contributed by atoms with Gasteiger partial charge in [0.2, 0.25) is 0 Å². The van der Waals surface area contributed by atoms with E-state index >= 15 is 0 Å². The molecule has 0 aliphatic rings. The molecule has 0 aliphatic carbocycles. The van der Waals surface area contributed by atoms with Crippen LogP contribution in [0.15, 0.2) is 30.3 Å². The topological polar surface area (TPSA) is 69.6 Å². The number of rotatable bonds is 3. The lowest BCUT2D eigenvalue weighted by atomic mass is 10.00. The summed E-state index contributed by atoms with van der Waals surface area (Å²) in [4.78, 5) is 11.9. The van der Waals surface area contributed by atoms with Gasteiger partial charge in [-0.3, -0.25) is 4.79 Å². The zero-order valence-electron chi connectivity index (χ0n) is 9.40. The normalized spacial score (nSPS) is 10.6. The number of nitrogens with one attached hydrogen (secondary N) is 1. The molecule has 88 valence electrons. The van der Waals surface area contributed by atoms with E-state index in [4.69, 9.17) is 0 Å². The number of benzene rings is 2. The number of ketones is 1. The first-order valence-corrected chi connectivity index (χ1v) is 5.26. The lowest BCUT2D eigenvalue weighted by molar-refractivity contribution is 0.0993. The molecule has 0 amide bonds. The number of carbonyl (C=O) groups excluding carboxylic acids is 1. The number of hydrogen-bond donors (Lipinski definition) is 3. The van der Waals surface area contributed by atoms with Crippen molar-refractivity contribution in [3.63, 3.8) is 0 Å². The Bertz CT molecular complexity index is 573. The number of Topliss-reactive ketones (excluding diaryl/α,β-unsaturated/α-hetero) is 1. The molecule has 0 aliphatic heterocycles. The summed E-state index contributed by atoms with van der Waals surface area (Å²) in [6, 6.07) is 7.94. The molecule has 17 heavy (non-hydrogen) atoms. The molecule has 0 radical (unpaired) electrons. The summed E-state index contributed by atoms with van der Waals surface area (Å²) in [5, 5.41) is 23.3. The van der Waals surface area contributed by atoms with E-state index < -0.39 is 0 Å². The summed E-state index contributed by atoms with van der Waals surface area (Å²) in [5.74, 6) is -0.203. The van der Waals surface area contributed by atoms with Gasteiger partial charge in [0.1, 0.15) is 11.5 Å². The van der Waals surface area contributed by atoms with Crippen LogP contribution in [-0.4, -0.2) is 29.6 Å². The third kappa shape index (κ3) is 2.07. The number of carbonyl (C=O) groups is 1. The van der Waals surface area contributed by atoms with Gasteiger partial charge in [0, 0.05) is 0 Å². The Balaban J connectivity index is 2.70. The van der Waals surface area contributed by atoms with Crippen molar-refractivity contribution in [2.75, 3.05) is 13.6 Å². The minimum absolute atomic E-state index is 0.0663. The van der Waals surface area contributed by atoms with Gasteiger partial charge < -0.3 is 15.5 Å². The third-order valence-corrected chi connectivity index (χ3v) is 2.60. The highest BCUT2D eigenvalue weighted by atomic mass is 16.3. The molecule has 2 aromatic carbocycles. The van der Waals surface area contributed by atoms with E-state index in [9.17, 15) is 15.0 Å². The number of phenols is 2. The number of aromatic hydroxyl groups is 2. The smallest absolute Gasteiger partial charge is 0.180 e. The van der Waals surface area contributed by atoms with Crippen molar-refractivity contribution in [2.24, 2.45) is 0 Å². The monoisotopic (exact) mass is 231 g/mol. The van der Waals surface area contributed by atoms with E-state index in [0.29, 0.717) is 5.39 Å². The Kier molecular flexibility index (Phi) is 2.97. The molecule has 0 heterocycles. The molecule has 0 spiro atoms. The molecule has 0 aromatic heterocycles. The largest absolute Gasteiger partial charge is 0.508 e. The molecule has 0 saturated heterocycles. The minimum Gasteiger partial charge on any atom is -0.508 e. The Hall–Kier alpha value is -2.07. The molecule has 0 unspecified atom stereocenters.